The van der Waals surface area contributed by atoms with Crippen LogP contribution in [0.25, 0.3) is 0 Å². The molecule has 2 aromatic rings. The Balaban J connectivity index is 1.70. The molecule has 0 atom stereocenters. The van der Waals surface area contributed by atoms with Gasteiger partial charge in [-0.15, -0.1) is 0 Å². The highest BCUT2D eigenvalue weighted by Gasteiger charge is 1.97. The smallest absolute Gasteiger partial charge is 0.213 e. The van der Waals surface area contributed by atoms with Crippen molar-refractivity contribution in [2.24, 2.45) is 0 Å². The van der Waals surface area contributed by atoms with Crippen LogP contribution in [0.5, 0.6) is 5.88 Å². The lowest BCUT2D eigenvalue weighted by atomic mass is 10.1. The van der Waals surface area contributed by atoms with Gasteiger partial charge in [0.25, 0.3) is 0 Å². The lowest BCUT2D eigenvalue weighted by molar-refractivity contribution is 0.299. The Bertz CT molecular complexity index is 468. The molecule has 0 fully saturated rings. The Morgan fingerprint density at radius 2 is 1.89 bits per heavy atom. The molecule has 0 unspecified atom stereocenters. The van der Waals surface area contributed by atoms with Crippen molar-refractivity contribution in [1.82, 2.24) is 10.3 Å². The largest absolute Gasteiger partial charge is 0.478 e. The molecular weight excluding hydrogens is 236 g/mol. The Labute approximate surface area is 114 Å². The molecule has 100 valence electrons. The highest BCUT2D eigenvalue weighted by molar-refractivity contribution is 5.18. The zero-order valence-electron chi connectivity index (χ0n) is 11.3. The maximum atomic E-state index is 5.63. The predicted molar refractivity (Wildman–Crippen MR) is 77.3 cm³/mol. The summed E-state index contributed by atoms with van der Waals surface area (Å²) in [6.07, 6.45) is 3.89. The van der Waals surface area contributed by atoms with E-state index in [1.807, 2.05) is 31.4 Å². The van der Waals surface area contributed by atoms with Crippen LogP contribution < -0.4 is 10.1 Å². The molecule has 0 saturated heterocycles. The number of hydrogen-bond donors (Lipinski definition) is 1. The van der Waals surface area contributed by atoms with Crippen molar-refractivity contribution in [2.75, 3.05) is 13.7 Å². The van der Waals surface area contributed by atoms with Gasteiger partial charge < -0.3 is 10.1 Å². The first kappa shape index (κ1) is 13.6. The van der Waals surface area contributed by atoms with Crippen LogP contribution in [0.4, 0.5) is 0 Å². The molecule has 1 heterocycles. The van der Waals surface area contributed by atoms with Gasteiger partial charge in [0.2, 0.25) is 5.88 Å². The average molecular weight is 256 g/mol. The Morgan fingerprint density at radius 3 is 2.58 bits per heavy atom. The van der Waals surface area contributed by atoms with Gasteiger partial charge in [-0.05, 0) is 31.0 Å². The maximum Gasteiger partial charge on any atom is 0.213 e. The second-order valence-corrected chi connectivity index (χ2v) is 4.47. The van der Waals surface area contributed by atoms with Gasteiger partial charge in [0.15, 0.2) is 0 Å². The van der Waals surface area contributed by atoms with Crippen LogP contribution in [-0.2, 0) is 13.0 Å². The normalized spacial score (nSPS) is 10.4. The molecule has 3 nitrogen and oxygen atoms in total. The van der Waals surface area contributed by atoms with Crippen molar-refractivity contribution in [1.29, 1.82) is 0 Å². The van der Waals surface area contributed by atoms with Crippen LogP contribution in [0.3, 0.4) is 0 Å². The van der Waals surface area contributed by atoms with Gasteiger partial charge in [0.05, 0.1) is 6.61 Å². The molecule has 3 heteroatoms. The zero-order valence-corrected chi connectivity index (χ0v) is 11.3. The monoisotopic (exact) mass is 256 g/mol. The van der Waals surface area contributed by atoms with Crippen molar-refractivity contribution >= 4 is 0 Å². The zero-order chi connectivity index (χ0) is 13.3. The second kappa shape index (κ2) is 7.54. The molecule has 1 aromatic heterocycles. The van der Waals surface area contributed by atoms with E-state index >= 15 is 0 Å². The van der Waals surface area contributed by atoms with Gasteiger partial charge >= 0.3 is 0 Å². The molecule has 0 spiro atoms. The molecule has 2 rings (SSSR count). The van der Waals surface area contributed by atoms with Crippen LogP contribution in [0.1, 0.15) is 17.5 Å². The standard InChI is InChI=1S/C16H20N2O/c1-17-12-15-9-10-16(18-13-15)19-11-5-8-14-6-3-2-4-7-14/h2-4,6-7,9-10,13,17H,5,8,11-12H2,1H3. The van der Waals surface area contributed by atoms with E-state index in [2.05, 4.69) is 34.6 Å². The topological polar surface area (TPSA) is 34.1 Å². The van der Waals surface area contributed by atoms with Gasteiger partial charge in [0.1, 0.15) is 0 Å². The summed E-state index contributed by atoms with van der Waals surface area (Å²) in [5.74, 6) is 0.702. The summed E-state index contributed by atoms with van der Waals surface area (Å²) >= 11 is 0. The SMILES string of the molecule is CNCc1ccc(OCCCc2ccccc2)nc1. The maximum absolute atomic E-state index is 5.63. The molecule has 19 heavy (non-hydrogen) atoms. The van der Waals surface area contributed by atoms with Gasteiger partial charge in [-0.1, -0.05) is 36.4 Å². The number of aromatic nitrogens is 1. The first-order valence-corrected chi connectivity index (χ1v) is 6.65. The molecule has 0 aliphatic rings. The Hall–Kier alpha value is -1.87. The van der Waals surface area contributed by atoms with Crippen molar-refractivity contribution in [3.05, 3.63) is 59.8 Å². The van der Waals surface area contributed by atoms with Crippen LogP contribution >= 0.6 is 0 Å². The fourth-order valence-electron chi connectivity index (χ4n) is 1.90. The third-order valence-corrected chi connectivity index (χ3v) is 2.88. The summed E-state index contributed by atoms with van der Waals surface area (Å²) in [7, 11) is 1.92. The number of rotatable bonds is 7. The van der Waals surface area contributed by atoms with E-state index in [0.29, 0.717) is 12.5 Å². The summed E-state index contributed by atoms with van der Waals surface area (Å²) in [4.78, 5) is 4.28. The van der Waals surface area contributed by atoms with E-state index in [1.165, 1.54) is 11.1 Å². The fraction of sp³-hybridized carbons (Fsp3) is 0.312. The summed E-state index contributed by atoms with van der Waals surface area (Å²) < 4.78 is 5.63. The van der Waals surface area contributed by atoms with Gasteiger partial charge in [-0.2, -0.15) is 0 Å². The molecule has 0 amide bonds. The highest BCUT2D eigenvalue weighted by atomic mass is 16.5. The number of aryl methyl sites for hydroxylation is 1. The molecule has 1 aromatic carbocycles. The fourth-order valence-corrected chi connectivity index (χ4v) is 1.90. The quantitative estimate of drug-likeness (QED) is 0.773. The number of nitrogens with zero attached hydrogens (tertiary/aromatic N) is 1. The summed E-state index contributed by atoms with van der Waals surface area (Å²) in [5, 5.41) is 3.09. The van der Waals surface area contributed by atoms with E-state index in [4.69, 9.17) is 4.74 Å². The lowest BCUT2D eigenvalue weighted by Gasteiger charge is -2.06. The molecule has 0 aliphatic heterocycles. The van der Waals surface area contributed by atoms with E-state index in [1.54, 1.807) is 0 Å². The van der Waals surface area contributed by atoms with Crippen molar-refractivity contribution in [3.63, 3.8) is 0 Å². The number of hydrogen-bond acceptors (Lipinski definition) is 3. The molecule has 0 saturated carbocycles. The van der Waals surface area contributed by atoms with Crippen LogP contribution in [0, 0.1) is 0 Å². The number of nitrogens with one attached hydrogen (secondary N) is 1. The molecule has 0 aliphatic carbocycles. The van der Waals surface area contributed by atoms with E-state index in [9.17, 15) is 0 Å². The number of benzene rings is 1. The third-order valence-electron chi connectivity index (χ3n) is 2.88. The summed E-state index contributed by atoms with van der Waals surface area (Å²) in [6, 6.07) is 14.4. The number of pyridine rings is 1. The van der Waals surface area contributed by atoms with Crippen molar-refractivity contribution < 1.29 is 4.74 Å². The third kappa shape index (κ3) is 4.72. The highest BCUT2D eigenvalue weighted by Crippen LogP contribution is 2.09. The van der Waals surface area contributed by atoms with Crippen LogP contribution in [0.2, 0.25) is 0 Å². The molecule has 1 N–H and O–H groups in total. The molecule has 0 radical (unpaired) electrons. The second-order valence-electron chi connectivity index (χ2n) is 4.47. The summed E-state index contributed by atoms with van der Waals surface area (Å²) in [5.41, 5.74) is 2.52. The first-order valence-electron chi connectivity index (χ1n) is 6.65. The minimum atomic E-state index is 0.702. The Kier molecular flexibility index (Phi) is 5.38. The summed E-state index contributed by atoms with van der Waals surface area (Å²) in [6.45, 7) is 1.54. The van der Waals surface area contributed by atoms with Gasteiger partial charge in [-0.25, -0.2) is 4.98 Å². The van der Waals surface area contributed by atoms with Gasteiger partial charge in [-0.3, -0.25) is 0 Å². The number of ether oxygens (including phenoxy) is 1. The van der Waals surface area contributed by atoms with Crippen LogP contribution in [0.15, 0.2) is 48.7 Å². The van der Waals surface area contributed by atoms with Gasteiger partial charge in [0, 0.05) is 18.8 Å². The Morgan fingerprint density at radius 1 is 1.05 bits per heavy atom. The molecule has 0 bridgehead atoms. The molecular formula is C16H20N2O. The average Bonchev–Trinajstić information content (AvgIpc) is 2.47. The first-order chi connectivity index (χ1) is 9.38. The minimum Gasteiger partial charge on any atom is -0.478 e. The van der Waals surface area contributed by atoms with Crippen LogP contribution in [-0.4, -0.2) is 18.6 Å². The lowest BCUT2D eigenvalue weighted by Crippen LogP contribution is -2.06. The van der Waals surface area contributed by atoms with E-state index in [0.717, 1.165) is 19.4 Å². The van der Waals surface area contributed by atoms with E-state index in [-0.39, 0.29) is 0 Å². The van der Waals surface area contributed by atoms with Crippen molar-refractivity contribution in [3.8, 4) is 5.88 Å². The van der Waals surface area contributed by atoms with Crippen molar-refractivity contribution in [2.45, 2.75) is 19.4 Å². The van der Waals surface area contributed by atoms with E-state index < -0.39 is 0 Å². The predicted octanol–water partition coefficient (Wildman–Crippen LogP) is 2.81. The minimum absolute atomic E-state index is 0.702.